The molecule has 27 heavy (non-hydrogen) atoms. The highest BCUT2D eigenvalue weighted by atomic mass is 35.5. The zero-order chi connectivity index (χ0) is 19.0. The predicted molar refractivity (Wildman–Crippen MR) is 112 cm³/mol. The zero-order valence-corrected chi connectivity index (χ0v) is 16.9. The summed E-state index contributed by atoms with van der Waals surface area (Å²) in [5, 5.41) is 4.52. The molecule has 1 unspecified atom stereocenters. The van der Waals surface area contributed by atoms with E-state index in [4.69, 9.17) is 11.6 Å². The molecule has 1 amide bonds. The van der Waals surface area contributed by atoms with Gasteiger partial charge in [0.25, 0.3) is 5.91 Å². The van der Waals surface area contributed by atoms with Crippen molar-refractivity contribution in [1.82, 2.24) is 9.97 Å². The van der Waals surface area contributed by atoms with E-state index in [1.165, 1.54) is 24.2 Å². The lowest BCUT2D eigenvalue weighted by molar-refractivity contribution is 0.103. The normalized spacial score (nSPS) is 17.3. The minimum atomic E-state index is -0.143. The van der Waals surface area contributed by atoms with Crippen LogP contribution in [0.2, 0.25) is 5.02 Å². The second-order valence-corrected chi connectivity index (χ2v) is 8.37. The number of aryl methyl sites for hydroxylation is 1. The molecule has 5 nitrogen and oxygen atoms in total. The van der Waals surface area contributed by atoms with Crippen LogP contribution in [0.4, 0.5) is 11.5 Å². The van der Waals surface area contributed by atoms with E-state index in [2.05, 4.69) is 27.1 Å². The SMILES string of the molecule is Cc1c(C(=O)Nc2cccc(Cl)c2)sc2ncnc(N3CCCCC3C)c12. The largest absolute Gasteiger partial charge is 0.353 e. The van der Waals surface area contributed by atoms with Crippen LogP contribution in [0.25, 0.3) is 10.2 Å². The van der Waals surface area contributed by atoms with Crippen molar-refractivity contribution < 1.29 is 4.79 Å². The number of amides is 1. The molecule has 140 valence electrons. The fourth-order valence-corrected chi connectivity index (χ4v) is 4.88. The van der Waals surface area contributed by atoms with Crippen LogP contribution in [0.1, 0.15) is 41.4 Å². The average Bonchev–Trinajstić information content (AvgIpc) is 2.99. The molecule has 4 rings (SSSR count). The Kier molecular flexibility index (Phi) is 5.02. The van der Waals surface area contributed by atoms with Crippen LogP contribution in [0.5, 0.6) is 0 Å². The molecule has 1 atom stereocenters. The van der Waals surface area contributed by atoms with E-state index < -0.39 is 0 Å². The van der Waals surface area contributed by atoms with E-state index in [0.29, 0.717) is 21.6 Å². The van der Waals surface area contributed by atoms with E-state index in [0.717, 1.165) is 34.6 Å². The van der Waals surface area contributed by atoms with Gasteiger partial charge in [0.1, 0.15) is 17.0 Å². The molecule has 2 aromatic heterocycles. The van der Waals surface area contributed by atoms with Crippen molar-refractivity contribution in [3.63, 3.8) is 0 Å². The van der Waals surface area contributed by atoms with Crippen LogP contribution >= 0.6 is 22.9 Å². The summed E-state index contributed by atoms with van der Waals surface area (Å²) in [7, 11) is 0. The van der Waals surface area contributed by atoms with Gasteiger partial charge in [0.2, 0.25) is 0 Å². The first-order chi connectivity index (χ1) is 13.0. The molecule has 0 saturated carbocycles. The van der Waals surface area contributed by atoms with Crippen molar-refractivity contribution in [2.24, 2.45) is 0 Å². The zero-order valence-electron chi connectivity index (χ0n) is 15.3. The van der Waals surface area contributed by atoms with E-state index in [9.17, 15) is 4.79 Å². The van der Waals surface area contributed by atoms with Crippen LogP contribution in [0.3, 0.4) is 0 Å². The van der Waals surface area contributed by atoms with Gasteiger partial charge in [-0.25, -0.2) is 9.97 Å². The number of halogens is 1. The summed E-state index contributed by atoms with van der Waals surface area (Å²) >= 11 is 7.43. The molecule has 0 spiro atoms. The van der Waals surface area contributed by atoms with Gasteiger partial charge in [0.05, 0.1) is 10.3 Å². The monoisotopic (exact) mass is 400 g/mol. The van der Waals surface area contributed by atoms with Crippen molar-refractivity contribution in [1.29, 1.82) is 0 Å². The van der Waals surface area contributed by atoms with Crippen molar-refractivity contribution in [3.05, 3.63) is 46.1 Å². The third-order valence-corrected chi connectivity index (χ3v) is 6.50. The Balaban J connectivity index is 1.71. The summed E-state index contributed by atoms with van der Waals surface area (Å²) in [5.74, 6) is 0.804. The summed E-state index contributed by atoms with van der Waals surface area (Å²) in [4.78, 5) is 25.7. The number of nitrogens with zero attached hydrogens (tertiary/aromatic N) is 3. The number of anilines is 2. The van der Waals surface area contributed by atoms with Crippen LogP contribution in [-0.2, 0) is 0 Å². The number of hydrogen-bond donors (Lipinski definition) is 1. The number of nitrogens with one attached hydrogen (secondary N) is 1. The number of carbonyl (C=O) groups excluding carboxylic acids is 1. The summed E-state index contributed by atoms with van der Waals surface area (Å²) < 4.78 is 0. The molecule has 1 aliphatic rings. The smallest absolute Gasteiger partial charge is 0.266 e. The van der Waals surface area contributed by atoms with Crippen molar-refractivity contribution in [3.8, 4) is 0 Å². The van der Waals surface area contributed by atoms with E-state index in [1.807, 2.05) is 19.1 Å². The Morgan fingerprint density at radius 1 is 1.33 bits per heavy atom. The van der Waals surface area contributed by atoms with Crippen molar-refractivity contribution in [2.45, 2.75) is 39.2 Å². The number of thiophene rings is 1. The average molecular weight is 401 g/mol. The van der Waals surface area contributed by atoms with Gasteiger partial charge in [0.15, 0.2) is 0 Å². The molecule has 1 N–H and O–H groups in total. The number of carbonyl (C=O) groups is 1. The topological polar surface area (TPSA) is 58.1 Å². The van der Waals surface area contributed by atoms with Gasteiger partial charge in [-0.1, -0.05) is 17.7 Å². The Morgan fingerprint density at radius 2 is 2.19 bits per heavy atom. The standard InChI is InChI=1S/C20H21ClN4OS/c1-12-6-3-4-9-25(12)18-16-13(2)17(27-20(16)23-11-22-18)19(26)24-15-8-5-7-14(21)10-15/h5,7-8,10-12H,3-4,6,9H2,1-2H3,(H,24,26). The second-order valence-electron chi connectivity index (χ2n) is 6.94. The lowest BCUT2D eigenvalue weighted by Crippen LogP contribution is -2.38. The maximum absolute atomic E-state index is 12.9. The first kappa shape index (κ1) is 18.2. The first-order valence-electron chi connectivity index (χ1n) is 9.12. The third kappa shape index (κ3) is 3.51. The molecule has 1 aromatic carbocycles. The Hall–Kier alpha value is -2.18. The minimum Gasteiger partial charge on any atom is -0.353 e. The molecule has 1 fully saturated rings. The first-order valence-corrected chi connectivity index (χ1v) is 10.3. The van der Waals surface area contributed by atoms with Gasteiger partial charge in [-0.05, 0) is 56.9 Å². The Labute approximate surface area is 167 Å². The predicted octanol–water partition coefficient (Wildman–Crippen LogP) is 5.28. The van der Waals surface area contributed by atoms with E-state index in [1.54, 1.807) is 18.5 Å². The number of hydrogen-bond acceptors (Lipinski definition) is 5. The highest BCUT2D eigenvalue weighted by Gasteiger charge is 2.25. The second kappa shape index (κ2) is 7.44. The number of piperidine rings is 1. The van der Waals surface area contributed by atoms with Gasteiger partial charge in [0, 0.05) is 23.3 Å². The van der Waals surface area contributed by atoms with Crippen LogP contribution in [0.15, 0.2) is 30.6 Å². The molecule has 1 saturated heterocycles. The molecule has 0 aliphatic carbocycles. The van der Waals surface area contributed by atoms with Gasteiger partial charge in [-0.2, -0.15) is 0 Å². The molecule has 3 aromatic rings. The molecular formula is C20H21ClN4OS. The number of rotatable bonds is 3. The molecule has 0 bridgehead atoms. The summed E-state index contributed by atoms with van der Waals surface area (Å²) in [5.41, 5.74) is 1.61. The van der Waals surface area contributed by atoms with Gasteiger partial charge < -0.3 is 10.2 Å². The minimum absolute atomic E-state index is 0.143. The molecule has 0 radical (unpaired) electrons. The molecule has 7 heteroatoms. The van der Waals surface area contributed by atoms with Crippen molar-refractivity contribution in [2.75, 3.05) is 16.8 Å². The van der Waals surface area contributed by atoms with Gasteiger partial charge in [-0.3, -0.25) is 4.79 Å². The Bertz CT molecular complexity index is 1000. The highest BCUT2D eigenvalue weighted by Crippen LogP contribution is 2.37. The molecule has 3 heterocycles. The Morgan fingerprint density at radius 3 is 2.96 bits per heavy atom. The lowest BCUT2D eigenvalue weighted by Gasteiger charge is -2.34. The summed E-state index contributed by atoms with van der Waals surface area (Å²) in [6, 6.07) is 7.61. The van der Waals surface area contributed by atoms with Gasteiger partial charge in [-0.15, -0.1) is 11.3 Å². The molecule has 1 aliphatic heterocycles. The van der Waals surface area contributed by atoms with Crippen LogP contribution in [0, 0.1) is 6.92 Å². The van der Waals surface area contributed by atoms with Crippen LogP contribution in [-0.4, -0.2) is 28.5 Å². The van der Waals surface area contributed by atoms with Crippen LogP contribution < -0.4 is 10.2 Å². The number of fused-ring (bicyclic) bond motifs is 1. The number of benzene rings is 1. The lowest BCUT2D eigenvalue weighted by atomic mass is 10.0. The fraction of sp³-hybridized carbons (Fsp3) is 0.350. The third-order valence-electron chi connectivity index (χ3n) is 5.07. The number of aromatic nitrogens is 2. The quantitative estimate of drug-likeness (QED) is 0.649. The summed E-state index contributed by atoms with van der Waals surface area (Å²) in [6.07, 6.45) is 5.19. The maximum Gasteiger partial charge on any atom is 0.266 e. The highest BCUT2D eigenvalue weighted by molar-refractivity contribution is 7.20. The maximum atomic E-state index is 12.9. The summed E-state index contributed by atoms with van der Waals surface area (Å²) in [6.45, 7) is 5.21. The van der Waals surface area contributed by atoms with Crippen molar-refractivity contribution >= 4 is 50.6 Å². The molecular weight excluding hydrogens is 380 g/mol. The van der Waals surface area contributed by atoms with E-state index >= 15 is 0 Å². The van der Waals surface area contributed by atoms with Gasteiger partial charge >= 0.3 is 0 Å². The van der Waals surface area contributed by atoms with E-state index in [-0.39, 0.29) is 5.91 Å². The fourth-order valence-electron chi connectivity index (χ4n) is 3.65.